The second-order valence-electron chi connectivity index (χ2n) is 4.81. The molecule has 0 amide bonds. The van der Waals surface area contributed by atoms with Crippen LogP contribution in [0.25, 0.3) is 0 Å². The monoisotopic (exact) mass is 239 g/mol. The lowest BCUT2D eigenvalue weighted by molar-refractivity contribution is 0.414. The van der Waals surface area contributed by atoms with E-state index in [0.717, 1.165) is 12.2 Å². The summed E-state index contributed by atoms with van der Waals surface area (Å²) in [5, 5.41) is 0. The molecule has 2 heteroatoms. The average molecular weight is 239 g/mol. The molecule has 3 rings (SSSR count). The Morgan fingerprint density at radius 3 is 2.44 bits per heavy atom. The van der Waals surface area contributed by atoms with E-state index >= 15 is 0 Å². The van der Waals surface area contributed by atoms with E-state index in [2.05, 4.69) is 36.4 Å². The Kier molecular flexibility index (Phi) is 2.80. The van der Waals surface area contributed by atoms with Gasteiger partial charge in [-0.05, 0) is 35.2 Å². The van der Waals surface area contributed by atoms with Crippen molar-refractivity contribution >= 4 is 0 Å². The van der Waals surface area contributed by atoms with Gasteiger partial charge in [-0.1, -0.05) is 36.4 Å². The Balaban J connectivity index is 1.91. The molecule has 2 nitrogen and oxygen atoms in total. The first-order valence-electron chi connectivity index (χ1n) is 6.27. The van der Waals surface area contributed by atoms with Gasteiger partial charge in [-0.3, -0.25) is 0 Å². The maximum atomic E-state index is 6.36. The highest BCUT2D eigenvalue weighted by Gasteiger charge is 2.30. The highest BCUT2D eigenvalue weighted by Crippen LogP contribution is 2.40. The quantitative estimate of drug-likeness (QED) is 0.874. The number of ether oxygens (including phenoxy) is 1. The minimum atomic E-state index is 0.106. The number of benzene rings is 2. The van der Waals surface area contributed by atoms with E-state index in [1.54, 1.807) is 7.11 Å². The largest absolute Gasteiger partial charge is 0.497 e. The van der Waals surface area contributed by atoms with Crippen molar-refractivity contribution in [3.05, 3.63) is 65.2 Å². The highest BCUT2D eigenvalue weighted by molar-refractivity contribution is 5.42. The molecular weight excluding hydrogens is 222 g/mol. The molecule has 2 aromatic rings. The van der Waals surface area contributed by atoms with Crippen molar-refractivity contribution in [2.24, 2.45) is 5.73 Å². The zero-order valence-electron chi connectivity index (χ0n) is 10.5. The van der Waals surface area contributed by atoms with E-state index in [9.17, 15) is 0 Å². The zero-order valence-corrected chi connectivity index (χ0v) is 10.5. The second-order valence-corrected chi connectivity index (χ2v) is 4.81. The first kappa shape index (κ1) is 11.3. The van der Waals surface area contributed by atoms with E-state index in [1.165, 1.54) is 16.7 Å². The summed E-state index contributed by atoms with van der Waals surface area (Å²) in [4.78, 5) is 0. The van der Waals surface area contributed by atoms with Gasteiger partial charge < -0.3 is 10.5 Å². The molecule has 1 aliphatic carbocycles. The van der Waals surface area contributed by atoms with Crippen molar-refractivity contribution in [1.82, 2.24) is 0 Å². The molecular formula is C16H17NO. The minimum Gasteiger partial charge on any atom is -0.497 e. The number of nitrogens with two attached hydrogens (primary N) is 1. The van der Waals surface area contributed by atoms with Crippen LogP contribution in [0.15, 0.2) is 48.5 Å². The van der Waals surface area contributed by atoms with Crippen LogP contribution in [0, 0.1) is 0 Å². The predicted molar refractivity (Wildman–Crippen MR) is 72.8 cm³/mol. The molecule has 1 aliphatic rings. The van der Waals surface area contributed by atoms with Crippen LogP contribution >= 0.6 is 0 Å². The van der Waals surface area contributed by atoms with Crippen molar-refractivity contribution in [1.29, 1.82) is 0 Å². The number of fused-ring (bicyclic) bond motifs is 1. The molecule has 0 saturated heterocycles. The van der Waals surface area contributed by atoms with Crippen LogP contribution in [0.2, 0.25) is 0 Å². The maximum Gasteiger partial charge on any atom is 0.118 e. The van der Waals surface area contributed by atoms with E-state index < -0.39 is 0 Å². The smallest absolute Gasteiger partial charge is 0.118 e. The molecule has 92 valence electrons. The SMILES string of the molecule is COc1ccc(C2Cc3ccccc3C2N)cc1. The molecule has 0 aliphatic heterocycles. The first-order valence-corrected chi connectivity index (χ1v) is 6.27. The lowest BCUT2D eigenvalue weighted by atomic mass is 9.93. The zero-order chi connectivity index (χ0) is 12.5. The third-order valence-corrected chi connectivity index (χ3v) is 3.83. The summed E-state index contributed by atoms with van der Waals surface area (Å²) in [5.74, 6) is 1.27. The number of hydrogen-bond acceptors (Lipinski definition) is 2. The van der Waals surface area contributed by atoms with E-state index in [-0.39, 0.29) is 6.04 Å². The maximum absolute atomic E-state index is 6.36. The van der Waals surface area contributed by atoms with Crippen LogP contribution < -0.4 is 10.5 Å². The fourth-order valence-electron chi connectivity index (χ4n) is 2.80. The van der Waals surface area contributed by atoms with Crippen LogP contribution in [0.3, 0.4) is 0 Å². The summed E-state index contributed by atoms with van der Waals surface area (Å²) < 4.78 is 5.19. The molecule has 0 radical (unpaired) electrons. The van der Waals surface area contributed by atoms with Gasteiger partial charge in [0.05, 0.1) is 7.11 Å². The van der Waals surface area contributed by atoms with Gasteiger partial charge in [-0.25, -0.2) is 0 Å². The molecule has 0 aromatic heterocycles. The predicted octanol–water partition coefficient (Wildman–Crippen LogP) is 3.03. The van der Waals surface area contributed by atoms with Gasteiger partial charge in [-0.15, -0.1) is 0 Å². The average Bonchev–Trinajstić information content (AvgIpc) is 2.77. The molecule has 2 N–H and O–H groups in total. The van der Waals surface area contributed by atoms with E-state index in [1.807, 2.05) is 12.1 Å². The summed E-state index contributed by atoms with van der Waals surface area (Å²) in [6.07, 6.45) is 1.03. The van der Waals surface area contributed by atoms with Gasteiger partial charge in [0.25, 0.3) is 0 Å². The number of rotatable bonds is 2. The van der Waals surface area contributed by atoms with Gasteiger partial charge >= 0.3 is 0 Å². The third kappa shape index (κ3) is 1.79. The summed E-state index contributed by atoms with van der Waals surface area (Å²) in [6, 6.07) is 16.8. The molecule has 2 aromatic carbocycles. The summed E-state index contributed by atoms with van der Waals surface area (Å²) in [7, 11) is 1.69. The normalized spacial score (nSPS) is 21.7. The fourth-order valence-corrected chi connectivity index (χ4v) is 2.80. The molecule has 0 bridgehead atoms. The van der Waals surface area contributed by atoms with Crippen molar-refractivity contribution < 1.29 is 4.74 Å². The first-order chi connectivity index (χ1) is 8.79. The van der Waals surface area contributed by atoms with Gasteiger partial charge in [0.1, 0.15) is 5.75 Å². The summed E-state index contributed by atoms with van der Waals surface area (Å²) in [6.45, 7) is 0. The van der Waals surface area contributed by atoms with Gasteiger partial charge in [0.2, 0.25) is 0 Å². The van der Waals surface area contributed by atoms with Crippen molar-refractivity contribution in [3.8, 4) is 5.75 Å². The Morgan fingerprint density at radius 2 is 1.78 bits per heavy atom. The van der Waals surface area contributed by atoms with Crippen LogP contribution in [0.5, 0.6) is 5.75 Å². The van der Waals surface area contributed by atoms with Crippen molar-refractivity contribution in [2.75, 3.05) is 7.11 Å². The van der Waals surface area contributed by atoms with Crippen LogP contribution in [0.1, 0.15) is 28.7 Å². The lowest BCUT2D eigenvalue weighted by Crippen LogP contribution is -2.15. The van der Waals surface area contributed by atoms with Crippen LogP contribution in [-0.4, -0.2) is 7.11 Å². The van der Waals surface area contributed by atoms with Crippen LogP contribution in [0.4, 0.5) is 0 Å². The number of hydrogen-bond donors (Lipinski definition) is 1. The Labute approximate surface area is 107 Å². The minimum absolute atomic E-state index is 0.106. The highest BCUT2D eigenvalue weighted by atomic mass is 16.5. The number of methoxy groups -OCH3 is 1. The molecule has 0 heterocycles. The van der Waals surface area contributed by atoms with E-state index in [4.69, 9.17) is 10.5 Å². The summed E-state index contributed by atoms with van der Waals surface area (Å²) in [5.41, 5.74) is 10.3. The summed E-state index contributed by atoms with van der Waals surface area (Å²) >= 11 is 0. The molecule has 0 spiro atoms. The second kappa shape index (κ2) is 4.46. The van der Waals surface area contributed by atoms with Crippen LogP contribution in [-0.2, 0) is 6.42 Å². The Bertz CT molecular complexity index is 547. The molecule has 0 saturated carbocycles. The molecule has 2 unspecified atom stereocenters. The van der Waals surface area contributed by atoms with Crippen molar-refractivity contribution in [2.45, 2.75) is 18.4 Å². The molecule has 18 heavy (non-hydrogen) atoms. The Hall–Kier alpha value is -1.80. The standard InChI is InChI=1S/C16H17NO/c1-18-13-8-6-11(7-9-13)15-10-12-4-2-3-5-14(12)16(15)17/h2-9,15-16H,10,17H2,1H3. The Morgan fingerprint density at radius 1 is 1.06 bits per heavy atom. The van der Waals surface area contributed by atoms with E-state index in [0.29, 0.717) is 5.92 Å². The van der Waals surface area contributed by atoms with Gasteiger partial charge in [-0.2, -0.15) is 0 Å². The lowest BCUT2D eigenvalue weighted by Gasteiger charge is -2.16. The fraction of sp³-hybridized carbons (Fsp3) is 0.250. The van der Waals surface area contributed by atoms with Crippen molar-refractivity contribution in [3.63, 3.8) is 0 Å². The topological polar surface area (TPSA) is 35.2 Å². The third-order valence-electron chi connectivity index (χ3n) is 3.83. The van der Waals surface area contributed by atoms with Gasteiger partial charge in [0.15, 0.2) is 0 Å². The molecule has 0 fully saturated rings. The van der Waals surface area contributed by atoms with Gasteiger partial charge in [0, 0.05) is 12.0 Å². The molecule has 2 atom stereocenters.